The molecule has 2 aromatic heterocycles. The summed E-state index contributed by atoms with van der Waals surface area (Å²) in [5.74, 6) is 3.22. The largest absolute Gasteiger partial charge is 0.216 e. The molecule has 0 radical (unpaired) electrons. The Kier molecular flexibility index (Phi) is 3.22. The molecule has 0 amide bonds. The molecule has 0 aliphatic heterocycles. The summed E-state index contributed by atoms with van der Waals surface area (Å²) in [5.41, 5.74) is 1.07. The van der Waals surface area contributed by atoms with Gasteiger partial charge in [0.25, 0.3) is 0 Å². The van der Waals surface area contributed by atoms with Gasteiger partial charge in [0, 0.05) is 11.8 Å². The second-order valence-electron chi connectivity index (χ2n) is 6.07. The first kappa shape index (κ1) is 13.7. The maximum atomic E-state index is 4.77. The Bertz CT molecular complexity index is 833. The van der Waals surface area contributed by atoms with Crippen LogP contribution in [0.3, 0.4) is 0 Å². The van der Waals surface area contributed by atoms with Crippen LogP contribution in [-0.2, 0) is 0 Å². The van der Waals surface area contributed by atoms with Crippen molar-refractivity contribution in [3.05, 3.63) is 42.0 Å². The maximum absolute atomic E-state index is 4.77. The third-order valence-electron chi connectivity index (χ3n) is 4.10. The van der Waals surface area contributed by atoms with Crippen LogP contribution in [0.25, 0.3) is 5.69 Å². The first-order valence-electron chi connectivity index (χ1n) is 7.90. The highest BCUT2D eigenvalue weighted by Crippen LogP contribution is 2.42. The van der Waals surface area contributed by atoms with Crippen molar-refractivity contribution < 1.29 is 0 Å². The monoisotopic (exact) mass is 341 g/mol. The Morgan fingerprint density at radius 1 is 1.00 bits per heavy atom. The van der Waals surface area contributed by atoms with Gasteiger partial charge in [0.05, 0.1) is 5.69 Å². The lowest BCUT2D eigenvalue weighted by molar-refractivity contribution is 0.782. The number of hydrogen-bond donors (Lipinski definition) is 0. The van der Waals surface area contributed by atoms with Gasteiger partial charge in [-0.3, -0.25) is 0 Å². The van der Waals surface area contributed by atoms with Gasteiger partial charge in [0.2, 0.25) is 5.16 Å². The molecule has 0 atom stereocenters. The molecule has 0 saturated heterocycles. The molecule has 0 unspecified atom stereocenters. The summed E-state index contributed by atoms with van der Waals surface area (Å²) < 4.78 is 7.39. The minimum absolute atomic E-state index is 0.550. The molecule has 7 heteroatoms. The molecular formula is C16H15N5S2. The molecule has 23 heavy (non-hydrogen) atoms. The van der Waals surface area contributed by atoms with Crippen molar-refractivity contribution >= 4 is 23.3 Å². The van der Waals surface area contributed by atoms with Crippen LogP contribution in [0.1, 0.15) is 49.2 Å². The highest BCUT2D eigenvalue weighted by Gasteiger charge is 2.31. The van der Waals surface area contributed by atoms with Crippen molar-refractivity contribution in [2.24, 2.45) is 0 Å². The fraction of sp³-hybridized carbons (Fsp3) is 0.375. The van der Waals surface area contributed by atoms with Gasteiger partial charge in [-0.05, 0) is 61.1 Å². The van der Waals surface area contributed by atoms with Crippen LogP contribution in [-0.4, -0.2) is 24.1 Å². The zero-order valence-electron chi connectivity index (χ0n) is 12.4. The molecule has 0 N–H and O–H groups in total. The van der Waals surface area contributed by atoms with E-state index in [1.165, 1.54) is 49.0 Å². The number of hydrogen-bond acceptors (Lipinski definition) is 6. The summed E-state index contributed by atoms with van der Waals surface area (Å²) in [7, 11) is 0. The summed E-state index contributed by atoms with van der Waals surface area (Å²) in [5, 5.41) is 5.49. The van der Waals surface area contributed by atoms with Gasteiger partial charge in [-0.25, -0.2) is 14.6 Å². The summed E-state index contributed by atoms with van der Waals surface area (Å²) >= 11 is 2.99. The van der Waals surface area contributed by atoms with Gasteiger partial charge in [-0.2, -0.15) is 4.37 Å². The Morgan fingerprint density at radius 2 is 1.78 bits per heavy atom. The summed E-state index contributed by atoms with van der Waals surface area (Å²) in [6.45, 7) is 0. The molecule has 5 rings (SSSR count). The molecule has 2 aliphatic carbocycles. The first-order chi connectivity index (χ1) is 11.4. The minimum Gasteiger partial charge on any atom is -0.216 e. The number of rotatable bonds is 5. The maximum Gasteiger partial charge on any atom is 0.216 e. The smallest absolute Gasteiger partial charge is 0.216 e. The van der Waals surface area contributed by atoms with E-state index in [1.807, 2.05) is 22.9 Å². The normalized spacial score (nSPS) is 17.6. The second kappa shape index (κ2) is 5.42. The topological polar surface area (TPSA) is 56.5 Å². The average molecular weight is 341 g/mol. The van der Waals surface area contributed by atoms with E-state index in [0.29, 0.717) is 11.8 Å². The SMILES string of the molecule is c1ccc(-n2nc(Sc3nc(C4CC4)ns3)nc2C2CC2)cc1. The van der Waals surface area contributed by atoms with Crippen LogP contribution in [0.2, 0.25) is 0 Å². The fourth-order valence-corrected chi connectivity index (χ4v) is 4.10. The van der Waals surface area contributed by atoms with Crippen molar-refractivity contribution in [2.45, 2.75) is 47.0 Å². The number of benzene rings is 1. The van der Waals surface area contributed by atoms with E-state index in [0.717, 1.165) is 26.8 Å². The van der Waals surface area contributed by atoms with Crippen molar-refractivity contribution in [2.75, 3.05) is 0 Å². The van der Waals surface area contributed by atoms with E-state index < -0.39 is 0 Å². The van der Waals surface area contributed by atoms with E-state index in [4.69, 9.17) is 10.1 Å². The second-order valence-corrected chi connectivity index (χ2v) is 8.04. The Labute approximate surface area is 142 Å². The molecule has 0 bridgehead atoms. The zero-order valence-corrected chi connectivity index (χ0v) is 14.1. The van der Waals surface area contributed by atoms with E-state index in [9.17, 15) is 0 Å². The Morgan fingerprint density at radius 3 is 2.52 bits per heavy atom. The molecule has 3 aromatic rings. The third kappa shape index (κ3) is 2.79. The molecule has 0 spiro atoms. The standard InChI is InChI=1S/C16H15N5S2/c1-2-4-12(5-3-1)21-14(11-8-9-11)18-15(19-21)22-16-17-13(20-23-16)10-6-7-10/h1-5,10-11H,6-9H2. The highest BCUT2D eigenvalue weighted by atomic mass is 32.2. The van der Waals surface area contributed by atoms with Crippen molar-refractivity contribution in [3.8, 4) is 5.69 Å². The summed E-state index contributed by atoms with van der Waals surface area (Å²) in [6, 6.07) is 10.2. The Hall–Kier alpha value is -1.73. The molecule has 5 nitrogen and oxygen atoms in total. The number of nitrogens with zero attached hydrogens (tertiary/aromatic N) is 5. The van der Waals surface area contributed by atoms with Crippen molar-refractivity contribution in [3.63, 3.8) is 0 Å². The van der Waals surface area contributed by atoms with Crippen LogP contribution in [0.15, 0.2) is 39.8 Å². The van der Waals surface area contributed by atoms with Gasteiger partial charge in [-0.1, -0.05) is 18.2 Å². The Balaban J connectivity index is 1.46. The molecular weight excluding hydrogens is 326 g/mol. The predicted octanol–water partition coefficient (Wildman–Crippen LogP) is 4.02. The third-order valence-corrected chi connectivity index (χ3v) is 5.72. The molecule has 2 saturated carbocycles. The van der Waals surface area contributed by atoms with Gasteiger partial charge < -0.3 is 0 Å². The van der Waals surface area contributed by atoms with E-state index in [2.05, 4.69) is 21.5 Å². The lowest BCUT2D eigenvalue weighted by Crippen LogP contribution is -2.01. The van der Waals surface area contributed by atoms with Crippen LogP contribution >= 0.6 is 23.3 Å². The number of aromatic nitrogens is 5. The fourth-order valence-electron chi connectivity index (χ4n) is 2.56. The van der Waals surface area contributed by atoms with Gasteiger partial charge in [-0.15, -0.1) is 5.10 Å². The molecule has 2 heterocycles. The zero-order chi connectivity index (χ0) is 15.2. The first-order valence-corrected chi connectivity index (χ1v) is 9.49. The quantitative estimate of drug-likeness (QED) is 0.701. The lowest BCUT2D eigenvalue weighted by Gasteiger charge is -2.03. The van der Waals surface area contributed by atoms with E-state index >= 15 is 0 Å². The lowest BCUT2D eigenvalue weighted by atomic mass is 10.3. The van der Waals surface area contributed by atoms with E-state index in [1.54, 1.807) is 0 Å². The molecule has 1 aromatic carbocycles. The predicted molar refractivity (Wildman–Crippen MR) is 89.3 cm³/mol. The highest BCUT2D eigenvalue weighted by molar-refractivity contribution is 8.00. The van der Waals surface area contributed by atoms with Crippen molar-refractivity contribution in [1.82, 2.24) is 24.1 Å². The molecule has 2 fully saturated rings. The summed E-state index contributed by atoms with van der Waals surface area (Å²) in [6.07, 6.45) is 4.88. The molecule has 116 valence electrons. The summed E-state index contributed by atoms with van der Waals surface area (Å²) in [4.78, 5) is 9.39. The van der Waals surface area contributed by atoms with Crippen molar-refractivity contribution in [1.29, 1.82) is 0 Å². The van der Waals surface area contributed by atoms with Crippen LogP contribution in [0.4, 0.5) is 0 Å². The van der Waals surface area contributed by atoms with Crippen LogP contribution < -0.4 is 0 Å². The number of para-hydroxylation sites is 1. The van der Waals surface area contributed by atoms with Crippen LogP contribution in [0.5, 0.6) is 0 Å². The molecule has 2 aliphatic rings. The van der Waals surface area contributed by atoms with Gasteiger partial charge >= 0.3 is 0 Å². The van der Waals surface area contributed by atoms with Gasteiger partial charge in [0.1, 0.15) is 11.6 Å². The van der Waals surface area contributed by atoms with Crippen LogP contribution in [0, 0.1) is 0 Å². The van der Waals surface area contributed by atoms with Gasteiger partial charge in [0.15, 0.2) is 4.34 Å². The average Bonchev–Trinajstić information content (AvgIpc) is 3.52. The van der Waals surface area contributed by atoms with E-state index in [-0.39, 0.29) is 0 Å². The minimum atomic E-state index is 0.550.